The lowest BCUT2D eigenvalue weighted by atomic mass is 9.91. The average molecular weight is 406 g/mol. The summed E-state index contributed by atoms with van der Waals surface area (Å²) in [6.07, 6.45) is 3.89. The van der Waals surface area contributed by atoms with Crippen molar-refractivity contribution in [1.29, 1.82) is 0 Å². The Morgan fingerprint density at radius 3 is 2.76 bits per heavy atom. The Kier molecular flexibility index (Phi) is 5.04. The minimum Gasteiger partial charge on any atom is -0.378 e. The number of morpholine rings is 1. The molecule has 0 radical (unpaired) electrons. The highest BCUT2D eigenvalue weighted by Gasteiger charge is 2.21. The zero-order valence-electron chi connectivity index (χ0n) is 16.2. The third-order valence-corrected chi connectivity index (χ3v) is 6.77. The van der Waals surface area contributed by atoms with E-state index < -0.39 is 0 Å². The van der Waals surface area contributed by atoms with Gasteiger partial charge in [0.2, 0.25) is 0 Å². The van der Waals surface area contributed by atoms with E-state index in [1.807, 2.05) is 18.3 Å². The van der Waals surface area contributed by atoms with Crippen molar-refractivity contribution in [3.05, 3.63) is 70.2 Å². The van der Waals surface area contributed by atoms with Gasteiger partial charge in [0.05, 0.1) is 18.1 Å². The molecule has 0 saturated carbocycles. The third-order valence-electron chi connectivity index (χ3n) is 5.56. The number of nitrogens with one attached hydrogen (secondary N) is 1. The summed E-state index contributed by atoms with van der Waals surface area (Å²) in [5.74, 6) is 0.951. The van der Waals surface area contributed by atoms with Crippen LogP contribution in [0, 0.1) is 0 Å². The van der Waals surface area contributed by atoms with Gasteiger partial charge in [0.15, 0.2) is 0 Å². The van der Waals surface area contributed by atoms with Crippen molar-refractivity contribution in [2.24, 2.45) is 0 Å². The number of aryl methyl sites for hydroxylation is 2. The Morgan fingerprint density at radius 2 is 1.93 bits per heavy atom. The molecule has 1 fully saturated rings. The van der Waals surface area contributed by atoms with Crippen LogP contribution < -0.4 is 10.2 Å². The maximum atomic E-state index is 12.7. The number of fused-ring (bicyclic) bond motifs is 3. The summed E-state index contributed by atoms with van der Waals surface area (Å²) in [7, 11) is 0. The first-order valence-corrected chi connectivity index (χ1v) is 10.9. The number of pyridine rings is 1. The summed E-state index contributed by atoms with van der Waals surface area (Å²) < 4.78 is 5.39. The Hall–Kier alpha value is -2.70. The molecule has 1 saturated heterocycles. The molecular formula is C23H23N3O2S. The summed E-state index contributed by atoms with van der Waals surface area (Å²) >= 11 is 1.60. The smallest absolute Gasteiger partial charge is 0.261 e. The highest BCUT2D eigenvalue weighted by molar-refractivity contribution is 7.17. The predicted octanol–water partition coefficient (Wildman–Crippen LogP) is 3.68. The van der Waals surface area contributed by atoms with Gasteiger partial charge in [-0.25, -0.2) is 4.98 Å². The molecular weight excluding hydrogens is 382 g/mol. The van der Waals surface area contributed by atoms with Crippen molar-refractivity contribution in [3.8, 4) is 10.4 Å². The van der Waals surface area contributed by atoms with Gasteiger partial charge in [-0.1, -0.05) is 30.3 Å². The molecule has 148 valence electrons. The van der Waals surface area contributed by atoms with E-state index in [1.165, 1.54) is 21.6 Å². The first-order chi connectivity index (χ1) is 14.3. The fraction of sp³-hybridized carbons (Fsp3) is 0.304. The molecule has 0 spiro atoms. The lowest BCUT2D eigenvalue weighted by Gasteiger charge is -2.27. The molecule has 0 unspecified atom stereocenters. The second-order valence-electron chi connectivity index (χ2n) is 7.43. The SMILES string of the molecule is O=C(NCc1ccc(N2CCOCC2)nc1)c1cc2c(s1)-c1ccccc1CC2. The van der Waals surface area contributed by atoms with Crippen LogP contribution in [0.4, 0.5) is 5.82 Å². The minimum atomic E-state index is -0.0147. The Morgan fingerprint density at radius 1 is 1.10 bits per heavy atom. The molecule has 2 aliphatic rings. The van der Waals surface area contributed by atoms with E-state index in [0.29, 0.717) is 6.54 Å². The van der Waals surface area contributed by atoms with Crippen molar-refractivity contribution in [2.45, 2.75) is 19.4 Å². The molecule has 2 aromatic heterocycles. The molecule has 1 amide bonds. The highest BCUT2D eigenvalue weighted by atomic mass is 32.1. The number of benzene rings is 1. The van der Waals surface area contributed by atoms with Crippen molar-refractivity contribution >= 4 is 23.1 Å². The summed E-state index contributed by atoms with van der Waals surface area (Å²) in [5, 5.41) is 3.05. The molecule has 1 N–H and O–H groups in total. The van der Waals surface area contributed by atoms with Crippen LogP contribution in [0.5, 0.6) is 0 Å². The van der Waals surface area contributed by atoms with E-state index in [-0.39, 0.29) is 5.91 Å². The second-order valence-corrected chi connectivity index (χ2v) is 8.48. The van der Waals surface area contributed by atoms with Crippen LogP contribution in [0.3, 0.4) is 0 Å². The molecule has 3 heterocycles. The second kappa shape index (κ2) is 7.97. The van der Waals surface area contributed by atoms with Crippen LogP contribution in [0.15, 0.2) is 48.7 Å². The van der Waals surface area contributed by atoms with E-state index in [0.717, 1.165) is 55.4 Å². The van der Waals surface area contributed by atoms with Gasteiger partial charge in [-0.05, 0) is 47.2 Å². The maximum Gasteiger partial charge on any atom is 0.261 e. The number of rotatable bonds is 4. The fourth-order valence-electron chi connectivity index (χ4n) is 3.95. The van der Waals surface area contributed by atoms with Crippen LogP contribution >= 0.6 is 11.3 Å². The molecule has 6 heteroatoms. The van der Waals surface area contributed by atoms with Gasteiger partial charge >= 0.3 is 0 Å². The van der Waals surface area contributed by atoms with Gasteiger partial charge in [0.1, 0.15) is 5.82 Å². The van der Waals surface area contributed by atoms with E-state index in [4.69, 9.17) is 4.74 Å². The number of hydrogen-bond donors (Lipinski definition) is 1. The van der Waals surface area contributed by atoms with Gasteiger partial charge in [-0.3, -0.25) is 4.79 Å². The van der Waals surface area contributed by atoms with Crippen LogP contribution in [-0.4, -0.2) is 37.2 Å². The van der Waals surface area contributed by atoms with Crippen molar-refractivity contribution in [2.75, 3.05) is 31.2 Å². The zero-order valence-corrected chi connectivity index (χ0v) is 17.0. The summed E-state index contributed by atoms with van der Waals surface area (Å²) in [6.45, 7) is 3.71. The number of hydrogen-bond acceptors (Lipinski definition) is 5. The Labute approximate surface area is 174 Å². The number of carbonyl (C=O) groups excluding carboxylic acids is 1. The standard InChI is InChI=1S/C23H23N3O2S/c27-23(20-13-18-7-6-17-3-1-2-4-19(17)22(18)29-20)25-15-16-5-8-21(24-14-16)26-9-11-28-12-10-26/h1-5,8,13-14H,6-7,9-12,15H2,(H,25,27). The van der Waals surface area contributed by atoms with Crippen LogP contribution in [0.1, 0.15) is 26.4 Å². The third kappa shape index (κ3) is 3.78. The Bertz CT molecular complexity index is 1020. The van der Waals surface area contributed by atoms with Crippen LogP contribution in [-0.2, 0) is 24.1 Å². The van der Waals surface area contributed by atoms with Gasteiger partial charge in [-0.2, -0.15) is 0 Å². The summed E-state index contributed by atoms with van der Waals surface area (Å²) in [6, 6.07) is 14.6. The fourth-order valence-corrected chi connectivity index (χ4v) is 5.14. The molecule has 5 rings (SSSR count). The monoisotopic (exact) mass is 405 g/mol. The number of nitrogens with zero attached hydrogens (tertiary/aromatic N) is 2. The van der Waals surface area contributed by atoms with E-state index in [9.17, 15) is 4.79 Å². The van der Waals surface area contributed by atoms with Crippen molar-refractivity contribution in [1.82, 2.24) is 10.3 Å². The van der Waals surface area contributed by atoms with Gasteiger partial charge in [-0.15, -0.1) is 11.3 Å². The number of aromatic nitrogens is 1. The lowest BCUT2D eigenvalue weighted by molar-refractivity contribution is 0.0955. The molecule has 3 aromatic rings. The largest absolute Gasteiger partial charge is 0.378 e. The first kappa shape index (κ1) is 18.3. The number of amides is 1. The van der Waals surface area contributed by atoms with Gasteiger partial charge in [0.25, 0.3) is 5.91 Å². The van der Waals surface area contributed by atoms with Gasteiger partial charge in [0, 0.05) is 30.7 Å². The zero-order chi connectivity index (χ0) is 19.6. The number of anilines is 1. The highest BCUT2D eigenvalue weighted by Crippen LogP contribution is 2.39. The molecule has 0 bridgehead atoms. The molecule has 1 aliphatic heterocycles. The van der Waals surface area contributed by atoms with Crippen molar-refractivity contribution < 1.29 is 9.53 Å². The first-order valence-electron chi connectivity index (χ1n) is 10.0. The normalized spacial score (nSPS) is 15.5. The number of carbonyl (C=O) groups is 1. The predicted molar refractivity (Wildman–Crippen MR) is 116 cm³/mol. The molecule has 1 aliphatic carbocycles. The van der Waals surface area contributed by atoms with E-state index in [2.05, 4.69) is 45.5 Å². The molecule has 1 aromatic carbocycles. The summed E-state index contributed by atoms with van der Waals surface area (Å²) in [5.41, 5.74) is 4.94. The minimum absolute atomic E-state index is 0.0147. The van der Waals surface area contributed by atoms with E-state index >= 15 is 0 Å². The number of thiophene rings is 1. The number of ether oxygens (including phenoxy) is 1. The maximum absolute atomic E-state index is 12.7. The topological polar surface area (TPSA) is 54.5 Å². The van der Waals surface area contributed by atoms with Crippen LogP contribution in [0.25, 0.3) is 10.4 Å². The molecule has 0 atom stereocenters. The summed E-state index contributed by atoms with van der Waals surface area (Å²) in [4.78, 5) is 21.5. The average Bonchev–Trinajstić information content (AvgIpc) is 3.23. The van der Waals surface area contributed by atoms with Crippen LogP contribution in [0.2, 0.25) is 0 Å². The molecule has 5 nitrogen and oxygen atoms in total. The van der Waals surface area contributed by atoms with Gasteiger partial charge < -0.3 is 15.0 Å². The van der Waals surface area contributed by atoms with Crippen molar-refractivity contribution in [3.63, 3.8) is 0 Å². The van der Waals surface area contributed by atoms with E-state index in [1.54, 1.807) is 11.3 Å². The lowest BCUT2D eigenvalue weighted by Crippen LogP contribution is -2.36. The molecule has 29 heavy (non-hydrogen) atoms. The quantitative estimate of drug-likeness (QED) is 0.720. The Balaban J connectivity index is 1.24.